The molecule has 3 aromatic carbocycles. The first kappa shape index (κ1) is 21.2. The number of anilines is 1. The van der Waals surface area contributed by atoms with Crippen LogP contribution in [0.2, 0.25) is 0 Å². The maximum absolute atomic E-state index is 13.0. The average Bonchev–Trinajstić information content (AvgIpc) is 2.74. The van der Waals surface area contributed by atoms with Crippen molar-refractivity contribution < 1.29 is 27.4 Å². The number of carbonyl (C=O) groups excluding carboxylic acids is 1. The lowest BCUT2D eigenvalue weighted by atomic mass is 9.98. The first-order chi connectivity index (χ1) is 14.2. The Bertz CT molecular complexity index is 1060. The molecule has 0 aromatic heterocycles. The highest BCUT2D eigenvalue weighted by Gasteiger charge is 2.30. The summed E-state index contributed by atoms with van der Waals surface area (Å²) in [6.45, 7) is 1.82. The van der Waals surface area contributed by atoms with Crippen LogP contribution in [-0.2, 0) is 6.18 Å². The highest BCUT2D eigenvalue weighted by atomic mass is 19.4. The summed E-state index contributed by atoms with van der Waals surface area (Å²) in [5.41, 5.74) is 1.95. The Kier molecular flexibility index (Phi) is 6.01. The van der Waals surface area contributed by atoms with Crippen LogP contribution < -0.4 is 14.8 Å². The van der Waals surface area contributed by atoms with Gasteiger partial charge in [0.2, 0.25) is 0 Å². The summed E-state index contributed by atoms with van der Waals surface area (Å²) in [6.07, 6.45) is -4.42. The minimum Gasteiger partial charge on any atom is -0.493 e. The number of amides is 1. The molecule has 0 bridgehead atoms. The van der Waals surface area contributed by atoms with Crippen molar-refractivity contribution in [2.75, 3.05) is 19.5 Å². The van der Waals surface area contributed by atoms with E-state index in [4.69, 9.17) is 9.47 Å². The van der Waals surface area contributed by atoms with Crippen molar-refractivity contribution in [3.8, 4) is 22.6 Å². The fraction of sp³-hybridized carbons (Fsp3) is 0.174. The number of alkyl halides is 3. The van der Waals surface area contributed by atoms with Crippen molar-refractivity contribution in [1.82, 2.24) is 0 Å². The van der Waals surface area contributed by atoms with Gasteiger partial charge in [-0.1, -0.05) is 30.3 Å². The minimum absolute atomic E-state index is 0.339. The van der Waals surface area contributed by atoms with Crippen LogP contribution in [0.5, 0.6) is 11.5 Å². The van der Waals surface area contributed by atoms with E-state index in [0.29, 0.717) is 33.9 Å². The molecular formula is C23H20F3NO3. The number of hydrogen-bond acceptors (Lipinski definition) is 3. The van der Waals surface area contributed by atoms with Crippen molar-refractivity contribution in [1.29, 1.82) is 0 Å². The Morgan fingerprint density at radius 1 is 0.900 bits per heavy atom. The predicted octanol–water partition coefficient (Wildman–Crippen LogP) is 5.95. The molecule has 1 N–H and O–H groups in total. The monoisotopic (exact) mass is 415 g/mol. The van der Waals surface area contributed by atoms with Gasteiger partial charge in [0.05, 0.1) is 19.8 Å². The second-order valence-electron chi connectivity index (χ2n) is 6.60. The highest BCUT2D eigenvalue weighted by Crippen LogP contribution is 2.34. The lowest BCUT2D eigenvalue weighted by Crippen LogP contribution is -2.14. The van der Waals surface area contributed by atoms with Crippen LogP contribution in [0.15, 0.2) is 60.7 Å². The van der Waals surface area contributed by atoms with Gasteiger partial charge in [-0.3, -0.25) is 4.79 Å². The van der Waals surface area contributed by atoms with Crippen LogP contribution in [0.25, 0.3) is 11.1 Å². The van der Waals surface area contributed by atoms with E-state index < -0.39 is 11.7 Å². The van der Waals surface area contributed by atoms with E-state index in [-0.39, 0.29) is 5.91 Å². The third-order valence-electron chi connectivity index (χ3n) is 4.67. The van der Waals surface area contributed by atoms with Crippen LogP contribution >= 0.6 is 0 Å². The van der Waals surface area contributed by atoms with E-state index >= 15 is 0 Å². The molecule has 7 heteroatoms. The summed E-state index contributed by atoms with van der Waals surface area (Å²) in [4.78, 5) is 13.0. The molecule has 1 amide bonds. The number of hydrogen-bond donors (Lipinski definition) is 1. The standard InChI is InChI=1S/C23H20F3NO3/c1-14-12-20(29-2)21(30-3)13-19(14)27-22(28)18-7-5-4-6-17(18)15-8-10-16(11-9-15)23(24,25)26/h4-13H,1-3H3,(H,27,28). The van der Waals surface area contributed by atoms with E-state index in [1.54, 1.807) is 36.4 Å². The van der Waals surface area contributed by atoms with Gasteiger partial charge in [0, 0.05) is 17.3 Å². The van der Waals surface area contributed by atoms with Crippen LogP contribution in [0, 0.1) is 6.92 Å². The Morgan fingerprint density at radius 3 is 2.10 bits per heavy atom. The number of ether oxygens (including phenoxy) is 2. The molecule has 0 fully saturated rings. The largest absolute Gasteiger partial charge is 0.493 e. The van der Waals surface area contributed by atoms with Gasteiger partial charge in [0.25, 0.3) is 5.91 Å². The number of aryl methyl sites for hydroxylation is 1. The van der Waals surface area contributed by atoms with Gasteiger partial charge >= 0.3 is 6.18 Å². The second kappa shape index (κ2) is 8.49. The minimum atomic E-state index is -4.42. The Balaban J connectivity index is 1.94. The number of carbonyl (C=O) groups is 1. The van der Waals surface area contributed by atoms with Gasteiger partial charge in [0.15, 0.2) is 11.5 Å². The molecule has 0 saturated heterocycles. The highest BCUT2D eigenvalue weighted by molar-refractivity contribution is 6.09. The molecule has 0 aliphatic rings. The van der Waals surface area contributed by atoms with Crippen molar-refractivity contribution >= 4 is 11.6 Å². The van der Waals surface area contributed by atoms with Crippen LogP contribution in [0.3, 0.4) is 0 Å². The Hall–Kier alpha value is -3.48. The summed E-state index contributed by atoms with van der Waals surface area (Å²) >= 11 is 0. The van der Waals surface area contributed by atoms with Gasteiger partial charge in [-0.15, -0.1) is 0 Å². The van der Waals surface area contributed by atoms with Crippen molar-refractivity contribution in [2.45, 2.75) is 13.1 Å². The van der Waals surface area contributed by atoms with Crippen LogP contribution in [-0.4, -0.2) is 20.1 Å². The van der Waals surface area contributed by atoms with E-state index in [2.05, 4.69) is 5.32 Å². The molecule has 0 spiro atoms. The van der Waals surface area contributed by atoms with Crippen LogP contribution in [0.4, 0.5) is 18.9 Å². The molecule has 0 aliphatic carbocycles. The fourth-order valence-corrected chi connectivity index (χ4v) is 3.08. The van der Waals surface area contributed by atoms with Gasteiger partial charge in [-0.05, 0) is 47.9 Å². The third-order valence-corrected chi connectivity index (χ3v) is 4.67. The SMILES string of the molecule is COc1cc(C)c(NC(=O)c2ccccc2-c2ccc(C(F)(F)F)cc2)cc1OC. The molecule has 3 aromatic rings. The molecular weight excluding hydrogens is 395 g/mol. The average molecular weight is 415 g/mol. The lowest BCUT2D eigenvalue weighted by molar-refractivity contribution is -0.137. The third kappa shape index (κ3) is 4.40. The summed E-state index contributed by atoms with van der Waals surface area (Å²) < 4.78 is 49.1. The van der Waals surface area contributed by atoms with Crippen molar-refractivity contribution in [3.05, 3.63) is 77.4 Å². The smallest absolute Gasteiger partial charge is 0.416 e. The quantitative estimate of drug-likeness (QED) is 0.560. The van der Waals surface area contributed by atoms with Crippen molar-refractivity contribution in [3.63, 3.8) is 0 Å². The Labute approximate surface area is 172 Å². The lowest BCUT2D eigenvalue weighted by Gasteiger charge is -2.15. The number of nitrogens with one attached hydrogen (secondary N) is 1. The molecule has 0 atom stereocenters. The second-order valence-corrected chi connectivity index (χ2v) is 6.60. The van der Waals surface area contributed by atoms with Gasteiger partial charge < -0.3 is 14.8 Å². The number of halogens is 3. The zero-order valence-corrected chi connectivity index (χ0v) is 16.6. The number of benzene rings is 3. The summed E-state index contributed by atoms with van der Waals surface area (Å²) in [6, 6.07) is 14.9. The first-order valence-electron chi connectivity index (χ1n) is 9.05. The van der Waals surface area contributed by atoms with Gasteiger partial charge in [0.1, 0.15) is 0 Å². The van der Waals surface area contributed by atoms with E-state index in [1.807, 2.05) is 6.92 Å². The topological polar surface area (TPSA) is 47.6 Å². The summed E-state index contributed by atoms with van der Waals surface area (Å²) in [7, 11) is 3.02. The van der Waals surface area contributed by atoms with Crippen LogP contribution in [0.1, 0.15) is 21.5 Å². The van der Waals surface area contributed by atoms with Gasteiger partial charge in [-0.25, -0.2) is 0 Å². The van der Waals surface area contributed by atoms with Crippen molar-refractivity contribution in [2.24, 2.45) is 0 Å². The first-order valence-corrected chi connectivity index (χ1v) is 9.05. The summed E-state index contributed by atoms with van der Waals surface area (Å²) in [5.74, 6) is 0.619. The van der Waals surface area contributed by atoms with E-state index in [9.17, 15) is 18.0 Å². The summed E-state index contributed by atoms with van der Waals surface area (Å²) in [5, 5.41) is 2.84. The maximum atomic E-state index is 13.0. The molecule has 0 heterocycles. The molecule has 4 nitrogen and oxygen atoms in total. The molecule has 0 saturated carbocycles. The predicted molar refractivity (Wildman–Crippen MR) is 109 cm³/mol. The Morgan fingerprint density at radius 2 is 1.50 bits per heavy atom. The zero-order valence-electron chi connectivity index (χ0n) is 16.6. The van der Waals surface area contributed by atoms with Gasteiger partial charge in [-0.2, -0.15) is 13.2 Å². The molecule has 156 valence electrons. The number of rotatable bonds is 5. The normalized spacial score (nSPS) is 11.1. The molecule has 0 radical (unpaired) electrons. The zero-order chi connectivity index (χ0) is 21.9. The maximum Gasteiger partial charge on any atom is 0.416 e. The molecule has 0 aliphatic heterocycles. The number of methoxy groups -OCH3 is 2. The molecule has 3 rings (SSSR count). The fourth-order valence-electron chi connectivity index (χ4n) is 3.08. The van der Waals surface area contributed by atoms with E-state index in [1.165, 1.54) is 26.4 Å². The molecule has 30 heavy (non-hydrogen) atoms. The van der Waals surface area contributed by atoms with E-state index in [0.717, 1.165) is 17.7 Å². The molecule has 0 unspecified atom stereocenters.